The molecule has 0 bridgehead atoms. The van der Waals surface area contributed by atoms with Crippen molar-refractivity contribution in [1.82, 2.24) is 5.32 Å². The van der Waals surface area contributed by atoms with Crippen molar-refractivity contribution in [3.8, 4) is 0 Å². The van der Waals surface area contributed by atoms with Crippen LogP contribution in [-0.4, -0.2) is 12.6 Å². The van der Waals surface area contributed by atoms with E-state index in [9.17, 15) is 0 Å². The molecule has 90 valence electrons. The minimum absolute atomic E-state index is 0.580. The summed E-state index contributed by atoms with van der Waals surface area (Å²) in [5.74, 6) is 1.72. The molecule has 1 aromatic rings. The van der Waals surface area contributed by atoms with Gasteiger partial charge in [0.15, 0.2) is 0 Å². The molecule has 1 fully saturated rings. The molecular formula is C13H20BrNO. The van der Waals surface area contributed by atoms with Crippen molar-refractivity contribution in [2.45, 2.75) is 51.0 Å². The van der Waals surface area contributed by atoms with Crippen molar-refractivity contribution >= 4 is 15.9 Å². The van der Waals surface area contributed by atoms with Crippen LogP contribution in [0.4, 0.5) is 0 Å². The van der Waals surface area contributed by atoms with Crippen LogP contribution < -0.4 is 5.32 Å². The molecule has 3 heteroatoms. The van der Waals surface area contributed by atoms with Crippen molar-refractivity contribution in [2.75, 3.05) is 6.54 Å². The molecular weight excluding hydrogens is 266 g/mol. The van der Waals surface area contributed by atoms with E-state index in [1.165, 1.54) is 32.1 Å². The van der Waals surface area contributed by atoms with Gasteiger partial charge in [-0.15, -0.1) is 0 Å². The molecule has 1 aliphatic carbocycles. The average Bonchev–Trinajstić information content (AvgIpc) is 2.56. The van der Waals surface area contributed by atoms with Crippen LogP contribution in [-0.2, 0) is 0 Å². The Morgan fingerprint density at radius 1 is 1.44 bits per heavy atom. The third kappa shape index (κ3) is 2.89. The Hall–Kier alpha value is -0.280. The van der Waals surface area contributed by atoms with E-state index in [4.69, 9.17) is 4.42 Å². The molecule has 1 heterocycles. The van der Waals surface area contributed by atoms with Gasteiger partial charge in [-0.1, -0.05) is 19.8 Å². The average molecular weight is 286 g/mol. The van der Waals surface area contributed by atoms with Gasteiger partial charge in [-0.25, -0.2) is 0 Å². The lowest BCUT2D eigenvalue weighted by Crippen LogP contribution is -2.29. The van der Waals surface area contributed by atoms with Gasteiger partial charge in [0.1, 0.15) is 5.76 Å². The normalized spacial score (nSPS) is 26.6. The second kappa shape index (κ2) is 5.87. The van der Waals surface area contributed by atoms with E-state index in [1.54, 1.807) is 6.26 Å². The summed E-state index contributed by atoms with van der Waals surface area (Å²) >= 11 is 3.57. The third-order valence-electron chi connectivity index (χ3n) is 3.43. The smallest absolute Gasteiger partial charge is 0.121 e. The number of nitrogens with one attached hydrogen (secondary N) is 1. The van der Waals surface area contributed by atoms with Crippen LogP contribution in [0.15, 0.2) is 21.2 Å². The SMILES string of the molecule is CCNC1CCCCC(c2occc2Br)C1. The number of halogens is 1. The molecule has 1 N–H and O–H groups in total. The number of hydrogen-bond donors (Lipinski definition) is 1. The Bertz CT molecular complexity index is 323. The Kier molecular flexibility index (Phi) is 4.47. The van der Waals surface area contributed by atoms with Gasteiger partial charge < -0.3 is 9.73 Å². The molecule has 2 unspecified atom stereocenters. The maximum atomic E-state index is 5.61. The Balaban J connectivity index is 2.05. The predicted molar refractivity (Wildman–Crippen MR) is 69.7 cm³/mol. The first kappa shape index (κ1) is 12.2. The van der Waals surface area contributed by atoms with Crippen molar-refractivity contribution in [3.63, 3.8) is 0 Å². The Morgan fingerprint density at radius 2 is 2.25 bits per heavy atom. The molecule has 0 spiro atoms. The van der Waals surface area contributed by atoms with E-state index in [0.29, 0.717) is 12.0 Å². The first-order chi connectivity index (χ1) is 7.81. The zero-order chi connectivity index (χ0) is 11.4. The van der Waals surface area contributed by atoms with E-state index in [1.807, 2.05) is 6.07 Å². The molecule has 1 aromatic heterocycles. The highest BCUT2D eigenvalue weighted by Crippen LogP contribution is 2.36. The van der Waals surface area contributed by atoms with Gasteiger partial charge in [0.2, 0.25) is 0 Å². The number of rotatable bonds is 3. The topological polar surface area (TPSA) is 25.2 Å². The van der Waals surface area contributed by atoms with Crippen LogP contribution in [0.1, 0.15) is 50.7 Å². The summed E-state index contributed by atoms with van der Waals surface area (Å²) in [6, 6.07) is 2.66. The van der Waals surface area contributed by atoms with E-state index in [2.05, 4.69) is 28.2 Å². The lowest BCUT2D eigenvalue weighted by molar-refractivity contribution is 0.394. The molecule has 0 aliphatic heterocycles. The van der Waals surface area contributed by atoms with Gasteiger partial charge in [0, 0.05) is 12.0 Å². The van der Waals surface area contributed by atoms with Crippen molar-refractivity contribution in [1.29, 1.82) is 0 Å². The largest absolute Gasteiger partial charge is 0.468 e. The van der Waals surface area contributed by atoms with E-state index >= 15 is 0 Å². The van der Waals surface area contributed by atoms with Crippen LogP contribution >= 0.6 is 15.9 Å². The molecule has 16 heavy (non-hydrogen) atoms. The summed E-state index contributed by atoms with van der Waals surface area (Å²) in [7, 11) is 0. The van der Waals surface area contributed by atoms with Gasteiger partial charge in [0.05, 0.1) is 10.7 Å². The fourth-order valence-corrected chi connectivity index (χ4v) is 3.19. The standard InChI is InChI=1S/C13H20BrNO/c1-2-15-11-6-4-3-5-10(9-11)13-12(14)7-8-16-13/h7-8,10-11,15H,2-6,9H2,1H3. The van der Waals surface area contributed by atoms with Gasteiger partial charge >= 0.3 is 0 Å². The fourth-order valence-electron chi connectivity index (χ4n) is 2.67. The third-order valence-corrected chi connectivity index (χ3v) is 4.09. The molecule has 0 saturated heterocycles. The highest BCUT2D eigenvalue weighted by Gasteiger charge is 2.24. The molecule has 0 aromatic carbocycles. The van der Waals surface area contributed by atoms with Gasteiger partial charge in [-0.05, 0) is 47.8 Å². The zero-order valence-electron chi connectivity index (χ0n) is 9.84. The monoisotopic (exact) mass is 285 g/mol. The molecule has 0 radical (unpaired) electrons. The Morgan fingerprint density at radius 3 is 2.94 bits per heavy atom. The second-order valence-electron chi connectivity index (χ2n) is 4.60. The maximum Gasteiger partial charge on any atom is 0.121 e. The van der Waals surface area contributed by atoms with Crippen molar-refractivity contribution < 1.29 is 4.42 Å². The summed E-state index contributed by atoms with van der Waals surface area (Å²) in [4.78, 5) is 0. The Labute approximate surface area is 106 Å². The zero-order valence-corrected chi connectivity index (χ0v) is 11.4. The van der Waals surface area contributed by atoms with E-state index < -0.39 is 0 Å². The summed E-state index contributed by atoms with van der Waals surface area (Å²) in [5.41, 5.74) is 0. The van der Waals surface area contributed by atoms with Gasteiger partial charge in [0.25, 0.3) is 0 Å². The second-order valence-corrected chi connectivity index (χ2v) is 5.46. The summed E-state index contributed by atoms with van der Waals surface area (Å²) in [6.45, 7) is 3.25. The fraction of sp³-hybridized carbons (Fsp3) is 0.692. The summed E-state index contributed by atoms with van der Waals surface area (Å²) < 4.78 is 6.75. The first-order valence-electron chi connectivity index (χ1n) is 6.27. The van der Waals surface area contributed by atoms with Gasteiger partial charge in [-0.2, -0.15) is 0 Å². The number of hydrogen-bond acceptors (Lipinski definition) is 2. The highest BCUT2D eigenvalue weighted by molar-refractivity contribution is 9.10. The predicted octanol–water partition coefficient (Wildman–Crippen LogP) is 4.07. The van der Waals surface area contributed by atoms with E-state index in [-0.39, 0.29) is 0 Å². The van der Waals surface area contributed by atoms with Crippen molar-refractivity contribution in [3.05, 3.63) is 22.6 Å². The first-order valence-corrected chi connectivity index (χ1v) is 7.06. The maximum absolute atomic E-state index is 5.61. The van der Waals surface area contributed by atoms with Gasteiger partial charge in [-0.3, -0.25) is 0 Å². The molecule has 0 amide bonds. The molecule has 2 atom stereocenters. The van der Waals surface area contributed by atoms with Crippen LogP contribution in [0.3, 0.4) is 0 Å². The van der Waals surface area contributed by atoms with E-state index in [0.717, 1.165) is 16.8 Å². The molecule has 1 saturated carbocycles. The quantitative estimate of drug-likeness (QED) is 0.847. The van der Waals surface area contributed by atoms with Crippen LogP contribution in [0, 0.1) is 0 Å². The molecule has 2 rings (SSSR count). The summed E-state index contributed by atoms with van der Waals surface area (Å²) in [6.07, 6.45) is 8.22. The minimum Gasteiger partial charge on any atom is -0.468 e. The molecule has 2 nitrogen and oxygen atoms in total. The van der Waals surface area contributed by atoms with Crippen molar-refractivity contribution in [2.24, 2.45) is 0 Å². The van der Waals surface area contributed by atoms with Crippen LogP contribution in [0.5, 0.6) is 0 Å². The summed E-state index contributed by atoms with van der Waals surface area (Å²) in [5, 5.41) is 3.58. The number of furan rings is 1. The minimum atomic E-state index is 0.580. The lowest BCUT2D eigenvalue weighted by Gasteiger charge is -2.19. The molecule has 1 aliphatic rings. The highest BCUT2D eigenvalue weighted by atomic mass is 79.9. The van der Waals surface area contributed by atoms with Crippen LogP contribution in [0.2, 0.25) is 0 Å². The van der Waals surface area contributed by atoms with Crippen LogP contribution in [0.25, 0.3) is 0 Å². The lowest BCUT2D eigenvalue weighted by atomic mass is 9.95.